The molecule has 1 N–H and O–H groups in total. The van der Waals surface area contributed by atoms with E-state index in [1.807, 2.05) is 12.1 Å². The molecule has 24 heavy (non-hydrogen) atoms. The lowest BCUT2D eigenvalue weighted by Crippen LogP contribution is -2.14. The van der Waals surface area contributed by atoms with E-state index in [0.29, 0.717) is 17.1 Å². The number of methoxy groups -OCH3 is 1. The quantitative estimate of drug-likeness (QED) is 0.754. The van der Waals surface area contributed by atoms with Crippen molar-refractivity contribution in [3.8, 4) is 11.5 Å². The van der Waals surface area contributed by atoms with Gasteiger partial charge in [-0.25, -0.2) is 4.68 Å². The van der Waals surface area contributed by atoms with Crippen molar-refractivity contribution >= 4 is 11.6 Å². The second kappa shape index (κ2) is 7.28. The van der Waals surface area contributed by atoms with Crippen LogP contribution in [-0.4, -0.2) is 27.8 Å². The maximum Gasteiger partial charge on any atom is 0.276 e. The van der Waals surface area contributed by atoms with Crippen LogP contribution in [0.3, 0.4) is 0 Å². The van der Waals surface area contributed by atoms with Crippen molar-refractivity contribution in [2.45, 2.75) is 6.73 Å². The topological polar surface area (TPSA) is 78.3 Å². The summed E-state index contributed by atoms with van der Waals surface area (Å²) in [6, 6.07) is 12.3. The van der Waals surface area contributed by atoms with Crippen molar-refractivity contribution in [1.82, 2.24) is 14.8 Å². The molecule has 0 fully saturated rings. The van der Waals surface area contributed by atoms with Gasteiger partial charge in [-0.2, -0.15) is 5.10 Å². The third kappa shape index (κ3) is 3.89. The Morgan fingerprint density at radius 2 is 1.79 bits per heavy atom. The van der Waals surface area contributed by atoms with Crippen LogP contribution >= 0.6 is 0 Å². The normalized spacial score (nSPS) is 10.2. The molecule has 0 saturated carbocycles. The van der Waals surface area contributed by atoms with Crippen LogP contribution in [0.4, 0.5) is 5.69 Å². The molecule has 0 spiro atoms. The molecule has 2 aromatic heterocycles. The number of nitrogens with one attached hydrogen (secondary N) is 1. The molecule has 1 amide bonds. The predicted octanol–water partition coefficient (Wildman–Crippen LogP) is 2.58. The second-order valence-corrected chi connectivity index (χ2v) is 4.88. The third-order valence-electron chi connectivity index (χ3n) is 3.23. The van der Waals surface area contributed by atoms with Gasteiger partial charge in [-0.05, 0) is 42.5 Å². The Morgan fingerprint density at radius 3 is 2.50 bits per heavy atom. The van der Waals surface area contributed by atoms with E-state index in [0.717, 1.165) is 5.75 Å². The first kappa shape index (κ1) is 15.5. The number of aromatic nitrogens is 3. The number of benzene rings is 1. The first-order valence-electron chi connectivity index (χ1n) is 7.26. The van der Waals surface area contributed by atoms with Gasteiger partial charge in [0.2, 0.25) is 0 Å². The molecule has 0 bridgehead atoms. The molecule has 0 atom stereocenters. The number of carbonyl (C=O) groups is 1. The van der Waals surface area contributed by atoms with Gasteiger partial charge in [0.1, 0.15) is 11.5 Å². The van der Waals surface area contributed by atoms with Crippen molar-refractivity contribution in [1.29, 1.82) is 0 Å². The zero-order chi connectivity index (χ0) is 16.8. The number of nitrogens with zero attached hydrogens (tertiary/aromatic N) is 3. The standard InChI is InChI=1S/C17H16N4O3/c1-23-14-2-4-15(5-3-14)24-12-21-11-8-16(20-21)17(22)19-13-6-9-18-10-7-13/h2-11H,12H2,1H3,(H,18,19,22). The Kier molecular flexibility index (Phi) is 4.71. The molecule has 7 nitrogen and oxygen atoms in total. The minimum Gasteiger partial charge on any atom is -0.497 e. The zero-order valence-electron chi connectivity index (χ0n) is 13.0. The first-order chi connectivity index (χ1) is 11.7. The molecule has 3 rings (SSSR count). The maximum atomic E-state index is 12.1. The highest BCUT2D eigenvalue weighted by atomic mass is 16.5. The molecule has 0 aliphatic heterocycles. The van der Waals surface area contributed by atoms with Crippen LogP contribution < -0.4 is 14.8 Å². The highest BCUT2D eigenvalue weighted by molar-refractivity contribution is 6.02. The molecular weight excluding hydrogens is 308 g/mol. The number of amides is 1. The van der Waals surface area contributed by atoms with Crippen molar-refractivity contribution in [2.75, 3.05) is 12.4 Å². The lowest BCUT2D eigenvalue weighted by atomic mass is 10.3. The number of hydrogen-bond donors (Lipinski definition) is 1. The Bertz CT molecular complexity index is 800. The van der Waals surface area contributed by atoms with Crippen molar-refractivity contribution in [2.24, 2.45) is 0 Å². The van der Waals surface area contributed by atoms with Crippen LogP contribution in [-0.2, 0) is 6.73 Å². The number of ether oxygens (including phenoxy) is 2. The summed E-state index contributed by atoms with van der Waals surface area (Å²) >= 11 is 0. The average Bonchev–Trinajstić information content (AvgIpc) is 3.10. The molecule has 0 unspecified atom stereocenters. The van der Waals surface area contributed by atoms with Gasteiger partial charge in [-0.3, -0.25) is 9.78 Å². The van der Waals surface area contributed by atoms with Crippen LogP contribution in [0.25, 0.3) is 0 Å². The van der Waals surface area contributed by atoms with E-state index in [-0.39, 0.29) is 12.6 Å². The van der Waals surface area contributed by atoms with E-state index in [9.17, 15) is 4.79 Å². The van der Waals surface area contributed by atoms with Crippen LogP contribution in [0.2, 0.25) is 0 Å². The molecule has 0 aliphatic rings. The molecule has 0 aliphatic carbocycles. The SMILES string of the molecule is COc1ccc(OCn2ccc(C(=O)Nc3ccncc3)n2)cc1. The highest BCUT2D eigenvalue weighted by Crippen LogP contribution is 2.17. The number of rotatable bonds is 6. The number of carbonyl (C=O) groups excluding carboxylic acids is 1. The molecule has 0 saturated heterocycles. The lowest BCUT2D eigenvalue weighted by Gasteiger charge is -2.07. The van der Waals surface area contributed by atoms with Gasteiger partial charge < -0.3 is 14.8 Å². The van der Waals surface area contributed by atoms with Crippen LogP contribution in [0.5, 0.6) is 11.5 Å². The van der Waals surface area contributed by atoms with E-state index < -0.39 is 0 Å². The van der Waals surface area contributed by atoms with E-state index >= 15 is 0 Å². The second-order valence-electron chi connectivity index (χ2n) is 4.88. The number of anilines is 1. The summed E-state index contributed by atoms with van der Waals surface area (Å²) < 4.78 is 12.2. The minimum absolute atomic E-state index is 0.203. The summed E-state index contributed by atoms with van der Waals surface area (Å²) in [6.07, 6.45) is 4.90. The van der Waals surface area contributed by atoms with E-state index in [4.69, 9.17) is 9.47 Å². The summed E-state index contributed by atoms with van der Waals surface area (Å²) in [7, 11) is 1.61. The van der Waals surface area contributed by atoms with Crippen molar-refractivity contribution in [3.63, 3.8) is 0 Å². The molecule has 1 aromatic carbocycles. The Labute approximate surface area is 138 Å². The molecule has 0 radical (unpaired) electrons. The highest BCUT2D eigenvalue weighted by Gasteiger charge is 2.10. The average molecular weight is 324 g/mol. The summed E-state index contributed by atoms with van der Waals surface area (Å²) in [6.45, 7) is 0.203. The largest absolute Gasteiger partial charge is 0.497 e. The van der Waals surface area contributed by atoms with Gasteiger partial charge >= 0.3 is 0 Å². The van der Waals surface area contributed by atoms with E-state index in [2.05, 4.69) is 15.4 Å². The van der Waals surface area contributed by atoms with Crippen molar-refractivity contribution < 1.29 is 14.3 Å². The lowest BCUT2D eigenvalue weighted by molar-refractivity contribution is 0.102. The van der Waals surface area contributed by atoms with Crippen LogP contribution in [0.15, 0.2) is 61.1 Å². The fraction of sp³-hybridized carbons (Fsp3) is 0.118. The zero-order valence-corrected chi connectivity index (χ0v) is 13.0. The van der Waals surface area contributed by atoms with Gasteiger partial charge in [0.15, 0.2) is 12.4 Å². The van der Waals surface area contributed by atoms with E-state index in [1.165, 1.54) is 0 Å². The van der Waals surface area contributed by atoms with Gasteiger partial charge in [-0.15, -0.1) is 0 Å². The van der Waals surface area contributed by atoms with Gasteiger partial charge in [0, 0.05) is 24.3 Å². The maximum absolute atomic E-state index is 12.1. The van der Waals surface area contributed by atoms with Crippen molar-refractivity contribution in [3.05, 3.63) is 66.7 Å². The Balaban J connectivity index is 1.57. The summed E-state index contributed by atoms with van der Waals surface area (Å²) in [5.41, 5.74) is 0.976. The molecule has 2 heterocycles. The Morgan fingerprint density at radius 1 is 1.08 bits per heavy atom. The van der Waals surface area contributed by atoms with Crippen LogP contribution in [0.1, 0.15) is 10.5 Å². The molecule has 7 heteroatoms. The molecular formula is C17H16N4O3. The molecule has 122 valence electrons. The van der Waals surface area contributed by atoms with Gasteiger partial charge in [-0.1, -0.05) is 0 Å². The summed E-state index contributed by atoms with van der Waals surface area (Å²) in [5.74, 6) is 1.16. The summed E-state index contributed by atoms with van der Waals surface area (Å²) in [4.78, 5) is 16.0. The third-order valence-corrected chi connectivity index (χ3v) is 3.23. The molecule has 3 aromatic rings. The van der Waals surface area contributed by atoms with Gasteiger partial charge in [0.25, 0.3) is 5.91 Å². The smallest absolute Gasteiger partial charge is 0.276 e. The summed E-state index contributed by atoms with van der Waals surface area (Å²) in [5, 5.41) is 6.94. The number of pyridine rings is 1. The van der Waals surface area contributed by atoms with Gasteiger partial charge in [0.05, 0.1) is 7.11 Å². The Hall–Kier alpha value is -3.35. The first-order valence-corrected chi connectivity index (χ1v) is 7.26. The minimum atomic E-state index is -0.288. The monoisotopic (exact) mass is 324 g/mol. The predicted molar refractivity (Wildman–Crippen MR) is 88.0 cm³/mol. The van der Waals surface area contributed by atoms with E-state index in [1.54, 1.807) is 60.7 Å². The number of hydrogen-bond acceptors (Lipinski definition) is 5. The van der Waals surface area contributed by atoms with Crippen LogP contribution in [0, 0.1) is 0 Å². The fourth-order valence-corrected chi connectivity index (χ4v) is 2.00. The fourth-order valence-electron chi connectivity index (χ4n) is 2.00.